The zero-order chi connectivity index (χ0) is 60.0. The molecule has 20 heteroatoms. The van der Waals surface area contributed by atoms with Gasteiger partial charge in [0.1, 0.15) is 33.1 Å². The molecule has 2 N–H and O–H groups in total. The highest BCUT2D eigenvalue weighted by molar-refractivity contribution is 7.22. The van der Waals surface area contributed by atoms with Crippen LogP contribution in [-0.4, -0.2) is 111 Å². The summed E-state index contributed by atoms with van der Waals surface area (Å²) in [5.74, 6) is -0.104. The number of hydrogen-bond donors (Lipinski definition) is 2. The number of piperidine rings is 2. The van der Waals surface area contributed by atoms with Gasteiger partial charge in [-0.25, -0.2) is 28.1 Å². The number of likely N-dealkylation sites (tertiary alicyclic amines) is 1. The van der Waals surface area contributed by atoms with Crippen LogP contribution in [0.2, 0.25) is 0 Å². The summed E-state index contributed by atoms with van der Waals surface area (Å²) in [6.45, 7) is 21.0. The minimum Gasteiger partial charge on any atom is -0.317 e. The highest BCUT2D eigenvalue weighted by Gasteiger charge is 2.24. The summed E-state index contributed by atoms with van der Waals surface area (Å²) >= 11 is 3.07. The minimum atomic E-state index is -0.275. The van der Waals surface area contributed by atoms with E-state index >= 15 is 8.78 Å². The first-order chi connectivity index (χ1) is 42.2. The van der Waals surface area contributed by atoms with E-state index < -0.39 is 0 Å². The number of halogens is 3. The molecule has 0 amide bonds. The number of rotatable bonds is 7. The van der Waals surface area contributed by atoms with Gasteiger partial charge >= 0.3 is 0 Å². The third-order valence-electron chi connectivity index (χ3n) is 16.9. The molecule has 0 radical (unpaired) electrons. The second kappa shape index (κ2) is 24.6. The molecule has 2 fully saturated rings. The van der Waals surface area contributed by atoms with Crippen LogP contribution in [0.4, 0.5) is 13.2 Å². The van der Waals surface area contributed by atoms with Crippen molar-refractivity contribution in [3.05, 3.63) is 160 Å². The van der Waals surface area contributed by atoms with Crippen LogP contribution in [0.3, 0.4) is 0 Å². The molecule has 0 bridgehead atoms. The summed E-state index contributed by atoms with van der Waals surface area (Å²) < 4.78 is 49.1. The van der Waals surface area contributed by atoms with Gasteiger partial charge in [-0.05, 0) is 209 Å². The van der Waals surface area contributed by atoms with Gasteiger partial charge in [-0.1, -0.05) is 13.0 Å². The number of aryl methyl sites for hydroxylation is 6. The van der Waals surface area contributed by atoms with Crippen molar-refractivity contribution >= 4 is 87.0 Å². The lowest BCUT2D eigenvalue weighted by Gasteiger charge is -2.30. The Morgan fingerprint density at radius 2 is 1.05 bits per heavy atom. The zero-order valence-electron chi connectivity index (χ0n) is 49.8. The van der Waals surface area contributed by atoms with Crippen LogP contribution in [0.25, 0.3) is 96.8 Å². The van der Waals surface area contributed by atoms with E-state index in [1.807, 2.05) is 107 Å². The van der Waals surface area contributed by atoms with E-state index in [0.717, 1.165) is 188 Å². The summed E-state index contributed by atoms with van der Waals surface area (Å²) in [5, 5.41) is 36.1. The van der Waals surface area contributed by atoms with E-state index in [1.165, 1.54) is 28.2 Å². The fourth-order valence-electron chi connectivity index (χ4n) is 12.3. The van der Waals surface area contributed by atoms with Crippen LogP contribution < -0.4 is 10.6 Å². The molecule has 442 valence electrons. The van der Waals surface area contributed by atoms with Gasteiger partial charge in [0.25, 0.3) is 0 Å². The molecule has 0 spiro atoms. The topological polar surface area (TPSA) is 173 Å². The molecule has 12 heterocycles. The van der Waals surface area contributed by atoms with E-state index in [0.29, 0.717) is 50.2 Å². The molecule has 0 atom stereocenters. The number of allylic oxidation sites excluding steroid dienone is 1. The predicted octanol–water partition coefficient (Wildman–Crippen LogP) is 14.2. The van der Waals surface area contributed by atoms with E-state index in [2.05, 4.69) is 74.1 Å². The van der Waals surface area contributed by atoms with E-state index in [1.54, 1.807) is 24.3 Å². The summed E-state index contributed by atoms with van der Waals surface area (Å²) in [6, 6.07) is 22.0. The standard InChI is InChI=1S/C23H24FN5S.C23H22FN5.C21H20FN5S/c1-4-29-7-5-15(6-8-29)19-12-17-18(24)10-16(11-20(17)28-27-19)23-26-21-9-13(2)25-14(3)22(21)30-23;1-14-8-18(13-29-12-15(2)26-23(14)29)21-11-19-20(24)9-17(10-22(19)28-27-21)16-4-3-6-25-7-5-16;1-11-7-19-20(12(2)24-11)28-21(25-19)14-8-16(22)15-10-17(26-27-18(15)9-14)13-3-5-23-6-4-13/h9-12,15H,4-8H2,1-3H3;5,8-13,25H,3-4,6-7H2,1-2H3;7-10,13,23H,3-6H2,1-2H3. The van der Waals surface area contributed by atoms with Gasteiger partial charge in [0.2, 0.25) is 0 Å². The molecule has 3 aromatic carbocycles. The Hall–Kier alpha value is -8.14. The van der Waals surface area contributed by atoms with Crippen LogP contribution in [0.15, 0.2) is 91.3 Å². The highest BCUT2D eigenvalue weighted by Crippen LogP contribution is 2.38. The van der Waals surface area contributed by atoms with Crippen molar-refractivity contribution in [2.24, 2.45) is 0 Å². The molecule has 0 unspecified atom stereocenters. The first kappa shape index (κ1) is 57.9. The largest absolute Gasteiger partial charge is 0.317 e. The lowest BCUT2D eigenvalue weighted by atomic mass is 9.92. The number of nitrogens with one attached hydrogen (secondary N) is 2. The van der Waals surface area contributed by atoms with Crippen molar-refractivity contribution in [1.29, 1.82) is 0 Å². The zero-order valence-corrected chi connectivity index (χ0v) is 51.4. The van der Waals surface area contributed by atoms with Crippen LogP contribution in [0.5, 0.6) is 0 Å². The first-order valence-electron chi connectivity index (χ1n) is 29.9. The third-order valence-corrected chi connectivity index (χ3v) is 19.3. The highest BCUT2D eigenvalue weighted by atomic mass is 32.1. The van der Waals surface area contributed by atoms with E-state index in [-0.39, 0.29) is 17.5 Å². The van der Waals surface area contributed by atoms with Gasteiger partial charge < -0.3 is 19.9 Å². The maximum atomic E-state index is 15.1. The molecule has 3 aliphatic rings. The van der Waals surface area contributed by atoms with Gasteiger partial charge in [0.05, 0.1) is 71.1 Å². The average Bonchev–Trinajstić information content (AvgIpc) is 3.12. The van der Waals surface area contributed by atoms with Gasteiger partial charge in [0, 0.05) is 75.0 Å². The van der Waals surface area contributed by atoms with Crippen LogP contribution in [-0.2, 0) is 0 Å². The Kier molecular flexibility index (Phi) is 16.3. The van der Waals surface area contributed by atoms with Crippen LogP contribution >= 0.6 is 22.7 Å². The number of thiazole rings is 2. The molecule has 15 nitrogen and oxygen atoms in total. The van der Waals surface area contributed by atoms with E-state index in [9.17, 15) is 4.39 Å². The number of aromatic nitrogens is 12. The van der Waals surface area contributed by atoms with Crippen LogP contribution in [0, 0.1) is 59.0 Å². The summed E-state index contributed by atoms with van der Waals surface area (Å²) in [7, 11) is 0. The van der Waals surface area contributed by atoms with Crippen LogP contribution in [0.1, 0.15) is 108 Å². The molecule has 15 rings (SSSR count). The quantitative estimate of drug-likeness (QED) is 0.154. The predicted molar refractivity (Wildman–Crippen MR) is 343 cm³/mol. The molecule has 0 saturated carbocycles. The second-order valence-electron chi connectivity index (χ2n) is 23.2. The summed E-state index contributed by atoms with van der Waals surface area (Å²) in [5.41, 5.74) is 17.1. The number of pyridine rings is 3. The van der Waals surface area contributed by atoms with Gasteiger partial charge in [0.15, 0.2) is 0 Å². The van der Waals surface area contributed by atoms with E-state index in [4.69, 9.17) is 9.97 Å². The SMILES string of the molecule is CCN1CCC(c2cc3c(F)cc(-c4nc5cc(C)nc(C)c5s4)cc3nn2)CC1.Cc1cc2nc(-c3cc(F)c4cc(C5CCNCC5)nnc4c3)sc2c(C)n1.Cc1cn2cc(-c3cc4c(F)cc(C5=CCNCCC5)cc4nn3)cc(C)c2n1. The molecule has 3 aliphatic heterocycles. The fourth-order valence-corrected chi connectivity index (χ4v) is 14.2. The van der Waals surface area contributed by atoms with Crippen molar-refractivity contribution in [2.45, 2.75) is 98.8 Å². The number of nitrogens with zero attached hydrogens (tertiary/aromatic N) is 13. The molecule has 2 saturated heterocycles. The molecular formula is C67H66F3N15S2. The Bertz CT molecular complexity index is 4640. The lowest BCUT2D eigenvalue weighted by Crippen LogP contribution is -2.32. The molecule has 0 aliphatic carbocycles. The van der Waals surface area contributed by atoms with Crippen molar-refractivity contribution in [2.75, 3.05) is 45.8 Å². The Balaban J connectivity index is 0.000000121. The van der Waals surface area contributed by atoms with Gasteiger partial charge in [-0.3, -0.25) is 9.97 Å². The first-order valence-corrected chi connectivity index (χ1v) is 31.5. The smallest absolute Gasteiger partial charge is 0.139 e. The number of hydrogen-bond acceptors (Lipinski definition) is 16. The van der Waals surface area contributed by atoms with Crippen molar-refractivity contribution in [3.63, 3.8) is 0 Å². The Labute approximate surface area is 509 Å². The Morgan fingerprint density at radius 1 is 0.506 bits per heavy atom. The lowest BCUT2D eigenvalue weighted by molar-refractivity contribution is 0.220. The normalized spacial score (nSPS) is 15.5. The Morgan fingerprint density at radius 3 is 1.63 bits per heavy atom. The number of fused-ring (bicyclic) bond motifs is 6. The second-order valence-corrected chi connectivity index (χ2v) is 25.2. The number of imidazole rings is 1. The average molecular weight is 1200 g/mol. The van der Waals surface area contributed by atoms with Crippen molar-refractivity contribution < 1.29 is 13.2 Å². The van der Waals surface area contributed by atoms with Gasteiger partial charge in [-0.15, -0.1) is 32.9 Å². The van der Waals surface area contributed by atoms with Crippen molar-refractivity contribution in [1.82, 2.24) is 75.4 Å². The third kappa shape index (κ3) is 12.2. The molecule has 87 heavy (non-hydrogen) atoms. The number of benzene rings is 3. The van der Waals surface area contributed by atoms with Crippen molar-refractivity contribution in [3.8, 4) is 32.4 Å². The molecule has 12 aromatic rings. The minimum absolute atomic E-state index is 0.261. The molecule has 9 aromatic heterocycles. The maximum absolute atomic E-state index is 15.1. The monoisotopic (exact) mass is 1200 g/mol. The van der Waals surface area contributed by atoms with Gasteiger partial charge in [-0.2, -0.15) is 20.4 Å². The summed E-state index contributed by atoms with van der Waals surface area (Å²) in [6.07, 6.45) is 12.2. The summed E-state index contributed by atoms with van der Waals surface area (Å²) in [4.78, 5) is 25.4. The maximum Gasteiger partial charge on any atom is 0.139 e. The molecular weight excluding hydrogens is 1140 g/mol. The fraction of sp³-hybridized carbons (Fsp3) is 0.328.